The van der Waals surface area contributed by atoms with Crippen LogP contribution >= 0.6 is 0 Å². The Balaban J connectivity index is 3.53. The largest absolute Gasteiger partial charge is 0.481 e. The zero-order valence-electron chi connectivity index (χ0n) is 11.2. The summed E-state index contributed by atoms with van der Waals surface area (Å²) < 4.78 is 0. The van der Waals surface area contributed by atoms with Crippen molar-refractivity contribution in [2.45, 2.75) is 64.4 Å². The van der Waals surface area contributed by atoms with E-state index < -0.39 is 12.1 Å². The van der Waals surface area contributed by atoms with Gasteiger partial charge in [0.05, 0.1) is 6.10 Å². The Morgan fingerprint density at radius 3 is 2.72 bits per heavy atom. The second-order valence-corrected chi connectivity index (χ2v) is 4.34. The van der Waals surface area contributed by atoms with Crippen LogP contribution in [0.4, 0.5) is 0 Å². The van der Waals surface area contributed by atoms with Crippen LogP contribution in [-0.2, 0) is 4.79 Å². The SMILES string of the molecule is CCCCCC(O)/C=C/C#CCCCCC(=O)O. The van der Waals surface area contributed by atoms with Crippen LogP contribution in [0, 0.1) is 11.8 Å². The van der Waals surface area contributed by atoms with Gasteiger partial charge in [0, 0.05) is 12.8 Å². The van der Waals surface area contributed by atoms with E-state index in [1.165, 1.54) is 0 Å². The number of aliphatic hydroxyl groups is 1. The van der Waals surface area contributed by atoms with Gasteiger partial charge in [0.2, 0.25) is 0 Å². The fourth-order valence-corrected chi connectivity index (χ4v) is 1.48. The molecule has 0 aromatic heterocycles. The van der Waals surface area contributed by atoms with E-state index in [4.69, 9.17) is 5.11 Å². The first-order valence-electron chi connectivity index (χ1n) is 6.71. The summed E-state index contributed by atoms with van der Waals surface area (Å²) in [5.74, 6) is 5.05. The Bertz CT molecular complexity index is 297. The summed E-state index contributed by atoms with van der Waals surface area (Å²) in [7, 11) is 0. The first kappa shape index (κ1) is 16.7. The summed E-state index contributed by atoms with van der Waals surface area (Å²) in [4.78, 5) is 10.2. The van der Waals surface area contributed by atoms with E-state index in [0.717, 1.165) is 32.1 Å². The molecule has 0 rings (SSSR count). The highest BCUT2D eigenvalue weighted by Gasteiger charge is 1.96. The zero-order valence-corrected chi connectivity index (χ0v) is 11.2. The van der Waals surface area contributed by atoms with Crippen molar-refractivity contribution < 1.29 is 15.0 Å². The number of carboxylic acids is 1. The molecule has 0 spiro atoms. The minimum atomic E-state index is -0.752. The van der Waals surface area contributed by atoms with Gasteiger partial charge in [-0.05, 0) is 31.4 Å². The number of aliphatic hydroxyl groups excluding tert-OH is 1. The predicted octanol–water partition coefficient (Wildman–Crippen LogP) is 3.13. The van der Waals surface area contributed by atoms with Crippen molar-refractivity contribution in [1.82, 2.24) is 0 Å². The molecule has 1 atom stereocenters. The van der Waals surface area contributed by atoms with Gasteiger partial charge < -0.3 is 10.2 Å². The second kappa shape index (κ2) is 12.2. The van der Waals surface area contributed by atoms with Crippen molar-refractivity contribution in [2.75, 3.05) is 0 Å². The summed E-state index contributed by atoms with van der Waals surface area (Å²) >= 11 is 0. The molecule has 0 aromatic carbocycles. The fourth-order valence-electron chi connectivity index (χ4n) is 1.48. The fraction of sp³-hybridized carbons (Fsp3) is 0.667. The van der Waals surface area contributed by atoms with Crippen LogP contribution in [0.15, 0.2) is 12.2 Å². The molecule has 0 saturated carbocycles. The predicted molar refractivity (Wildman–Crippen MR) is 73.2 cm³/mol. The molecule has 0 amide bonds. The van der Waals surface area contributed by atoms with E-state index in [1.54, 1.807) is 12.2 Å². The van der Waals surface area contributed by atoms with Gasteiger partial charge in [0.15, 0.2) is 0 Å². The second-order valence-electron chi connectivity index (χ2n) is 4.34. The minimum Gasteiger partial charge on any atom is -0.481 e. The maximum Gasteiger partial charge on any atom is 0.303 e. The Hall–Kier alpha value is -1.27. The smallest absolute Gasteiger partial charge is 0.303 e. The number of carboxylic acid groups (broad SMARTS) is 1. The normalized spacial score (nSPS) is 12.1. The summed E-state index contributed by atoms with van der Waals surface area (Å²) in [6, 6.07) is 0. The highest BCUT2D eigenvalue weighted by Crippen LogP contribution is 2.04. The molecule has 0 saturated heterocycles. The Morgan fingerprint density at radius 1 is 1.28 bits per heavy atom. The van der Waals surface area contributed by atoms with E-state index in [2.05, 4.69) is 18.8 Å². The highest BCUT2D eigenvalue weighted by molar-refractivity contribution is 5.66. The standard InChI is InChI=1S/C15H24O3/c1-2-3-8-11-14(16)12-9-6-4-5-7-10-13-15(17)18/h9,12,14,16H,2-3,5,7-8,10-11,13H2,1H3,(H,17,18)/b12-9+. The van der Waals surface area contributed by atoms with Crippen LogP contribution in [0.25, 0.3) is 0 Å². The van der Waals surface area contributed by atoms with E-state index in [9.17, 15) is 9.90 Å². The van der Waals surface area contributed by atoms with Crippen LogP contribution in [0.5, 0.6) is 0 Å². The minimum absolute atomic E-state index is 0.216. The lowest BCUT2D eigenvalue weighted by Crippen LogP contribution is -2.00. The number of hydrogen-bond acceptors (Lipinski definition) is 2. The topological polar surface area (TPSA) is 57.5 Å². The lowest BCUT2D eigenvalue weighted by Gasteiger charge is -2.02. The van der Waals surface area contributed by atoms with Crippen LogP contribution in [0.2, 0.25) is 0 Å². The first-order chi connectivity index (χ1) is 8.66. The number of carbonyl (C=O) groups is 1. The maximum atomic E-state index is 10.2. The van der Waals surface area contributed by atoms with E-state index >= 15 is 0 Å². The molecule has 0 bridgehead atoms. The van der Waals surface area contributed by atoms with E-state index in [1.807, 2.05) is 0 Å². The quantitative estimate of drug-likeness (QED) is 0.489. The third-order valence-corrected chi connectivity index (χ3v) is 2.55. The average molecular weight is 252 g/mol. The van der Waals surface area contributed by atoms with Crippen LogP contribution < -0.4 is 0 Å². The van der Waals surface area contributed by atoms with Crippen LogP contribution in [0.3, 0.4) is 0 Å². The zero-order chi connectivity index (χ0) is 13.6. The molecule has 0 aliphatic heterocycles. The number of rotatable bonds is 9. The van der Waals surface area contributed by atoms with E-state index in [-0.39, 0.29) is 6.42 Å². The Morgan fingerprint density at radius 2 is 2.06 bits per heavy atom. The molecule has 2 N–H and O–H groups in total. The highest BCUT2D eigenvalue weighted by atomic mass is 16.4. The monoisotopic (exact) mass is 252 g/mol. The molecule has 0 aliphatic rings. The van der Waals surface area contributed by atoms with Gasteiger partial charge >= 0.3 is 5.97 Å². The molecule has 3 heteroatoms. The van der Waals surface area contributed by atoms with Crippen molar-refractivity contribution in [3.8, 4) is 11.8 Å². The average Bonchev–Trinajstić information content (AvgIpc) is 2.32. The number of allylic oxidation sites excluding steroid dienone is 1. The van der Waals surface area contributed by atoms with Gasteiger partial charge in [-0.25, -0.2) is 0 Å². The van der Waals surface area contributed by atoms with Gasteiger partial charge in [0.25, 0.3) is 0 Å². The van der Waals surface area contributed by atoms with Crippen molar-refractivity contribution in [2.24, 2.45) is 0 Å². The molecular formula is C15H24O3. The molecule has 102 valence electrons. The maximum absolute atomic E-state index is 10.2. The third kappa shape index (κ3) is 12.8. The summed E-state index contributed by atoms with van der Waals surface area (Å²) in [5.41, 5.74) is 0. The number of unbranched alkanes of at least 4 members (excludes halogenated alkanes) is 4. The summed E-state index contributed by atoms with van der Waals surface area (Å²) in [5, 5.41) is 18.0. The number of hydrogen-bond donors (Lipinski definition) is 2. The summed E-state index contributed by atoms with van der Waals surface area (Å²) in [6.45, 7) is 2.14. The van der Waals surface area contributed by atoms with Gasteiger partial charge in [-0.2, -0.15) is 0 Å². The Kier molecular flexibility index (Phi) is 11.3. The third-order valence-electron chi connectivity index (χ3n) is 2.55. The van der Waals surface area contributed by atoms with Crippen molar-refractivity contribution in [1.29, 1.82) is 0 Å². The van der Waals surface area contributed by atoms with Crippen molar-refractivity contribution in [3.05, 3.63) is 12.2 Å². The van der Waals surface area contributed by atoms with E-state index in [0.29, 0.717) is 12.8 Å². The lowest BCUT2D eigenvalue weighted by molar-refractivity contribution is -0.137. The van der Waals surface area contributed by atoms with Gasteiger partial charge in [-0.1, -0.05) is 38.0 Å². The molecule has 0 aliphatic carbocycles. The van der Waals surface area contributed by atoms with Gasteiger partial charge in [-0.15, -0.1) is 0 Å². The summed E-state index contributed by atoms with van der Waals surface area (Å²) in [6.07, 6.45) is 9.59. The van der Waals surface area contributed by atoms with Crippen molar-refractivity contribution >= 4 is 5.97 Å². The van der Waals surface area contributed by atoms with Gasteiger partial charge in [-0.3, -0.25) is 4.79 Å². The lowest BCUT2D eigenvalue weighted by atomic mass is 10.1. The molecule has 0 fully saturated rings. The van der Waals surface area contributed by atoms with Crippen LogP contribution in [-0.4, -0.2) is 22.3 Å². The molecule has 0 aromatic rings. The molecule has 3 nitrogen and oxygen atoms in total. The molecule has 0 radical (unpaired) electrons. The molecular weight excluding hydrogens is 228 g/mol. The molecule has 0 heterocycles. The Labute approximate surface area is 110 Å². The van der Waals surface area contributed by atoms with Crippen molar-refractivity contribution in [3.63, 3.8) is 0 Å². The van der Waals surface area contributed by atoms with Gasteiger partial charge in [0.1, 0.15) is 0 Å². The first-order valence-corrected chi connectivity index (χ1v) is 6.71. The molecule has 1 unspecified atom stereocenters. The number of aliphatic carboxylic acids is 1. The molecule has 18 heavy (non-hydrogen) atoms. The van der Waals surface area contributed by atoms with Crippen LogP contribution in [0.1, 0.15) is 58.3 Å².